The Labute approximate surface area is 127 Å². The molecule has 0 atom stereocenters. The van der Waals surface area contributed by atoms with Crippen LogP contribution in [-0.4, -0.2) is 26.3 Å². The van der Waals surface area contributed by atoms with Crippen LogP contribution in [0.2, 0.25) is 5.02 Å². The van der Waals surface area contributed by atoms with E-state index in [9.17, 15) is 0 Å². The fourth-order valence-corrected chi connectivity index (χ4v) is 3.30. The van der Waals surface area contributed by atoms with Crippen molar-refractivity contribution < 1.29 is 0 Å². The Hall–Kier alpha value is -2.01. The molecule has 0 amide bonds. The van der Waals surface area contributed by atoms with Crippen molar-refractivity contribution in [2.24, 2.45) is 7.05 Å². The number of fused-ring (bicyclic) bond motifs is 2. The van der Waals surface area contributed by atoms with E-state index in [1.165, 1.54) is 11.4 Å². The summed E-state index contributed by atoms with van der Waals surface area (Å²) in [6.45, 7) is 3.85. The zero-order valence-corrected chi connectivity index (χ0v) is 12.8. The van der Waals surface area contributed by atoms with Crippen molar-refractivity contribution in [1.82, 2.24) is 19.7 Å². The van der Waals surface area contributed by atoms with Crippen molar-refractivity contribution >= 4 is 28.2 Å². The minimum absolute atomic E-state index is 0.730. The highest BCUT2D eigenvalue weighted by Crippen LogP contribution is 2.32. The number of imidazole rings is 1. The first-order valence-corrected chi connectivity index (χ1v) is 7.40. The number of aromatic amines is 1. The topological polar surface area (TPSA) is 49.7 Å². The molecule has 3 heterocycles. The number of H-pyrrole nitrogens is 1. The smallest absolute Gasteiger partial charge is 0.105 e. The Morgan fingerprint density at radius 1 is 1.33 bits per heavy atom. The number of halogens is 1. The van der Waals surface area contributed by atoms with Crippen LogP contribution in [0.25, 0.3) is 10.9 Å². The minimum Gasteiger partial charge on any atom is -0.365 e. The van der Waals surface area contributed by atoms with Crippen molar-refractivity contribution in [3.05, 3.63) is 40.6 Å². The number of anilines is 1. The zero-order chi connectivity index (χ0) is 14.6. The summed E-state index contributed by atoms with van der Waals surface area (Å²) in [5, 5.41) is 8.97. The van der Waals surface area contributed by atoms with Gasteiger partial charge < -0.3 is 9.47 Å². The van der Waals surface area contributed by atoms with Crippen LogP contribution >= 0.6 is 11.6 Å². The fraction of sp³-hybridized carbons (Fsp3) is 0.333. The molecule has 1 aliphatic rings. The van der Waals surface area contributed by atoms with E-state index in [0.29, 0.717) is 0 Å². The summed E-state index contributed by atoms with van der Waals surface area (Å²) in [6.07, 6.45) is 2.83. The van der Waals surface area contributed by atoms with Crippen LogP contribution in [0.5, 0.6) is 0 Å². The van der Waals surface area contributed by atoms with Gasteiger partial charge in [-0.2, -0.15) is 5.10 Å². The molecule has 1 N–H and O–H groups in total. The van der Waals surface area contributed by atoms with Crippen LogP contribution in [0.3, 0.4) is 0 Å². The lowest BCUT2D eigenvalue weighted by Crippen LogP contribution is -2.31. The van der Waals surface area contributed by atoms with Crippen molar-refractivity contribution in [2.45, 2.75) is 19.9 Å². The molecule has 0 unspecified atom stereocenters. The van der Waals surface area contributed by atoms with E-state index in [0.717, 1.165) is 46.9 Å². The zero-order valence-electron chi connectivity index (χ0n) is 12.0. The second-order valence-corrected chi connectivity index (χ2v) is 5.98. The van der Waals surface area contributed by atoms with Gasteiger partial charge in [-0.15, -0.1) is 0 Å². The Bertz CT molecular complexity index is 832. The van der Waals surface area contributed by atoms with Crippen molar-refractivity contribution in [3.63, 3.8) is 0 Å². The summed E-state index contributed by atoms with van der Waals surface area (Å²) in [4.78, 5) is 6.99. The second-order valence-electron chi connectivity index (χ2n) is 5.54. The number of rotatable bonds is 1. The molecule has 0 fully saturated rings. The van der Waals surface area contributed by atoms with Crippen LogP contribution in [0.4, 0.5) is 5.69 Å². The third-order valence-corrected chi connectivity index (χ3v) is 4.54. The second kappa shape index (κ2) is 4.49. The normalized spacial score (nSPS) is 14.7. The SMILES string of the molecule is Cc1nc2c(n1C)CN(c1cc(Cl)cc3[nH]ncc13)CC2. The quantitative estimate of drug-likeness (QED) is 0.752. The van der Waals surface area contributed by atoms with Gasteiger partial charge in [0.1, 0.15) is 5.82 Å². The molecule has 0 saturated heterocycles. The number of nitrogens with zero attached hydrogens (tertiary/aromatic N) is 4. The molecule has 1 aliphatic heterocycles. The first kappa shape index (κ1) is 12.7. The monoisotopic (exact) mass is 301 g/mol. The van der Waals surface area contributed by atoms with Gasteiger partial charge in [0, 0.05) is 36.1 Å². The van der Waals surface area contributed by atoms with Crippen LogP contribution in [0.15, 0.2) is 18.3 Å². The molecule has 0 radical (unpaired) electrons. The molecule has 21 heavy (non-hydrogen) atoms. The molecule has 0 aliphatic carbocycles. The molecule has 6 heteroatoms. The Kier molecular flexibility index (Phi) is 2.72. The molecule has 5 nitrogen and oxygen atoms in total. The van der Waals surface area contributed by atoms with Crippen molar-refractivity contribution in [3.8, 4) is 0 Å². The van der Waals surface area contributed by atoms with Gasteiger partial charge in [0.2, 0.25) is 0 Å². The standard InChI is InChI=1S/C15H16ClN5/c1-9-18-12-3-4-21(8-15(12)20(9)2)14-6-10(16)5-13-11(14)7-17-19-13/h5-7H,3-4,8H2,1-2H3,(H,17,19). The lowest BCUT2D eigenvalue weighted by atomic mass is 10.1. The summed E-state index contributed by atoms with van der Waals surface area (Å²) < 4.78 is 2.18. The van der Waals surface area contributed by atoms with Crippen LogP contribution in [0.1, 0.15) is 17.2 Å². The molecule has 3 aromatic rings. The number of aryl methyl sites for hydroxylation is 1. The highest BCUT2D eigenvalue weighted by Gasteiger charge is 2.23. The van der Waals surface area contributed by atoms with Gasteiger partial charge in [0.25, 0.3) is 0 Å². The van der Waals surface area contributed by atoms with Crippen LogP contribution in [-0.2, 0) is 20.0 Å². The van der Waals surface area contributed by atoms with Crippen molar-refractivity contribution in [2.75, 3.05) is 11.4 Å². The molecular weight excluding hydrogens is 286 g/mol. The lowest BCUT2D eigenvalue weighted by molar-refractivity contribution is 0.678. The van der Waals surface area contributed by atoms with E-state index in [-0.39, 0.29) is 0 Å². The molecular formula is C15H16ClN5. The summed E-state index contributed by atoms with van der Waals surface area (Å²) in [6, 6.07) is 3.94. The number of hydrogen-bond acceptors (Lipinski definition) is 3. The molecule has 0 bridgehead atoms. The lowest BCUT2D eigenvalue weighted by Gasteiger charge is -2.29. The molecule has 0 spiro atoms. The number of aromatic nitrogens is 4. The van der Waals surface area contributed by atoms with Crippen LogP contribution in [0, 0.1) is 6.92 Å². The van der Waals surface area contributed by atoms with E-state index in [2.05, 4.69) is 38.6 Å². The predicted molar refractivity (Wildman–Crippen MR) is 83.8 cm³/mol. The Morgan fingerprint density at radius 3 is 3.05 bits per heavy atom. The van der Waals surface area contributed by atoms with E-state index < -0.39 is 0 Å². The molecule has 2 aromatic heterocycles. The van der Waals surface area contributed by atoms with Gasteiger partial charge in [-0.05, 0) is 19.1 Å². The van der Waals surface area contributed by atoms with E-state index in [1.54, 1.807) is 0 Å². The molecule has 1 aromatic carbocycles. The van der Waals surface area contributed by atoms with Gasteiger partial charge in [-0.3, -0.25) is 5.10 Å². The van der Waals surface area contributed by atoms with Crippen LogP contribution < -0.4 is 4.90 Å². The Balaban J connectivity index is 1.80. The summed E-state index contributed by atoms with van der Waals surface area (Å²) >= 11 is 6.24. The maximum atomic E-state index is 6.24. The van der Waals surface area contributed by atoms with Gasteiger partial charge in [-0.1, -0.05) is 11.6 Å². The summed E-state index contributed by atoms with van der Waals surface area (Å²) in [5.41, 5.74) is 4.62. The maximum Gasteiger partial charge on any atom is 0.105 e. The number of hydrogen-bond donors (Lipinski definition) is 1. The molecule has 0 saturated carbocycles. The number of nitrogens with one attached hydrogen (secondary N) is 1. The average molecular weight is 302 g/mol. The molecule has 4 rings (SSSR count). The van der Waals surface area contributed by atoms with Gasteiger partial charge in [0.15, 0.2) is 0 Å². The summed E-state index contributed by atoms with van der Waals surface area (Å²) in [7, 11) is 2.08. The first-order chi connectivity index (χ1) is 10.1. The van der Waals surface area contributed by atoms with Crippen molar-refractivity contribution in [1.29, 1.82) is 0 Å². The van der Waals surface area contributed by atoms with E-state index in [1.807, 2.05) is 18.3 Å². The Morgan fingerprint density at radius 2 is 2.19 bits per heavy atom. The van der Waals surface area contributed by atoms with Gasteiger partial charge in [-0.25, -0.2) is 4.98 Å². The van der Waals surface area contributed by atoms with Gasteiger partial charge >= 0.3 is 0 Å². The van der Waals surface area contributed by atoms with Gasteiger partial charge in [0.05, 0.1) is 29.6 Å². The maximum absolute atomic E-state index is 6.24. The average Bonchev–Trinajstić information content (AvgIpc) is 3.03. The fourth-order valence-electron chi connectivity index (χ4n) is 3.09. The van der Waals surface area contributed by atoms with E-state index in [4.69, 9.17) is 11.6 Å². The highest BCUT2D eigenvalue weighted by atomic mass is 35.5. The third-order valence-electron chi connectivity index (χ3n) is 4.32. The van der Waals surface area contributed by atoms with E-state index >= 15 is 0 Å². The minimum atomic E-state index is 0.730. The number of benzene rings is 1. The predicted octanol–water partition coefficient (Wildman–Crippen LogP) is 2.82. The molecule has 108 valence electrons. The third kappa shape index (κ3) is 1.92. The largest absolute Gasteiger partial charge is 0.365 e. The highest BCUT2D eigenvalue weighted by molar-refractivity contribution is 6.31. The first-order valence-electron chi connectivity index (χ1n) is 7.02. The summed E-state index contributed by atoms with van der Waals surface area (Å²) in [5.74, 6) is 1.07.